The van der Waals surface area contributed by atoms with Gasteiger partial charge < -0.3 is 10.4 Å². The Morgan fingerprint density at radius 3 is 2.75 bits per heavy atom. The van der Waals surface area contributed by atoms with Crippen molar-refractivity contribution in [1.29, 1.82) is 0 Å². The predicted octanol–water partition coefficient (Wildman–Crippen LogP) is 2.64. The molecule has 0 aliphatic heterocycles. The van der Waals surface area contributed by atoms with Crippen LogP contribution >= 0.6 is 0 Å². The zero-order chi connectivity index (χ0) is 12.0. The monoisotopic (exact) mass is 225 g/mol. The van der Waals surface area contributed by atoms with E-state index in [4.69, 9.17) is 0 Å². The van der Waals surface area contributed by atoms with Crippen LogP contribution in [-0.4, -0.2) is 17.8 Å². The molecule has 3 heteroatoms. The summed E-state index contributed by atoms with van der Waals surface area (Å²) in [5.74, 6) is -0.263. The summed E-state index contributed by atoms with van der Waals surface area (Å²) < 4.78 is 13.1. The second-order valence-electron chi connectivity index (χ2n) is 4.08. The van der Waals surface area contributed by atoms with Gasteiger partial charge in [0.15, 0.2) is 0 Å². The first kappa shape index (κ1) is 13.1. The summed E-state index contributed by atoms with van der Waals surface area (Å²) in [7, 11) is 0. The third-order valence-electron chi connectivity index (χ3n) is 2.58. The van der Waals surface area contributed by atoms with Gasteiger partial charge in [0.25, 0.3) is 0 Å². The molecule has 90 valence electrons. The number of unbranched alkanes of at least 4 members (excludes halogenated alkanes) is 1. The maximum absolute atomic E-state index is 13.1. The lowest BCUT2D eigenvalue weighted by atomic mass is 10.0. The highest BCUT2D eigenvalue weighted by Crippen LogP contribution is 2.17. The number of aliphatic hydroxyl groups excluding tert-OH is 1. The number of halogens is 1. The van der Waals surface area contributed by atoms with Gasteiger partial charge in [-0.3, -0.25) is 0 Å². The molecule has 0 fully saturated rings. The molecule has 2 atom stereocenters. The fourth-order valence-electron chi connectivity index (χ4n) is 1.70. The van der Waals surface area contributed by atoms with Gasteiger partial charge in [0, 0.05) is 0 Å². The number of hydrogen-bond donors (Lipinski definition) is 2. The maximum atomic E-state index is 13.1. The summed E-state index contributed by atoms with van der Waals surface area (Å²) in [6, 6.07) is 6.19. The first-order chi connectivity index (χ1) is 7.65. The molecule has 0 spiro atoms. The molecular weight excluding hydrogens is 205 g/mol. The molecule has 1 rings (SSSR count). The van der Waals surface area contributed by atoms with E-state index in [2.05, 4.69) is 12.2 Å². The Hall–Kier alpha value is -0.930. The Morgan fingerprint density at radius 1 is 1.44 bits per heavy atom. The van der Waals surface area contributed by atoms with Gasteiger partial charge in [-0.15, -0.1) is 0 Å². The van der Waals surface area contributed by atoms with Crippen LogP contribution in [0.4, 0.5) is 4.39 Å². The highest BCUT2D eigenvalue weighted by molar-refractivity contribution is 5.21. The van der Waals surface area contributed by atoms with Gasteiger partial charge in [-0.1, -0.05) is 25.5 Å². The molecule has 1 aromatic rings. The Labute approximate surface area is 96.5 Å². The average Bonchev–Trinajstić information content (AvgIpc) is 2.24. The Balaban J connectivity index is 2.69. The van der Waals surface area contributed by atoms with Gasteiger partial charge >= 0.3 is 0 Å². The van der Waals surface area contributed by atoms with Crippen molar-refractivity contribution >= 4 is 0 Å². The zero-order valence-electron chi connectivity index (χ0n) is 9.91. The number of hydrogen-bond acceptors (Lipinski definition) is 2. The first-order valence-corrected chi connectivity index (χ1v) is 5.82. The number of rotatable bonds is 6. The van der Waals surface area contributed by atoms with E-state index in [-0.39, 0.29) is 11.9 Å². The summed E-state index contributed by atoms with van der Waals surface area (Å²) in [6.45, 7) is 4.67. The van der Waals surface area contributed by atoms with Crippen molar-refractivity contribution in [2.75, 3.05) is 6.54 Å². The van der Waals surface area contributed by atoms with E-state index in [1.165, 1.54) is 12.1 Å². The van der Waals surface area contributed by atoms with Crippen molar-refractivity contribution < 1.29 is 9.50 Å². The molecule has 2 nitrogen and oxygen atoms in total. The van der Waals surface area contributed by atoms with E-state index in [0.717, 1.165) is 24.9 Å². The molecule has 0 heterocycles. The Kier molecular flexibility index (Phi) is 5.43. The van der Waals surface area contributed by atoms with Crippen molar-refractivity contribution in [2.24, 2.45) is 0 Å². The summed E-state index contributed by atoms with van der Waals surface area (Å²) in [5.41, 5.74) is 0.797. The van der Waals surface area contributed by atoms with Crippen LogP contribution in [0.3, 0.4) is 0 Å². The molecule has 0 aromatic heterocycles. The standard InChI is InChI=1S/C13H20FNO/c1-3-4-8-15-13(10(2)16)11-6-5-7-12(14)9-11/h5-7,9-10,13,15-16H,3-4,8H2,1-2H3. The lowest BCUT2D eigenvalue weighted by molar-refractivity contribution is 0.145. The SMILES string of the molecule is CCCCNC(c1cccc(F)c1)C(C)O. The van der Waals surface area contributed by atoms with Crippen LogP contribution in [-0.2, 0) is 0 Å². The van der Waals surface area contributed by atoms with Crippen molar-refractivity contribution in [3.05, 3.63) is 35.6 Å². The minimum Gasteiger partial charge on any atom is -0.391 e. The summed E-state index contributed by atoms with van der Waals surface area (Å²) in [5, 5.41) is 12.9. The summed E-state index contributed by atoms with van der Waals surface area (Å²) in [4.78, 5) is 0. The molecule has 16 heavy (non-hydrogen) atoms. The molecule has 0 amide bonds. The fourth-order valence-corrected chi connectivity index (χ4v) is 1.70. The molecule has 0 saturated carbocycles. The van der Waals surface area contributed by atoms with E-state index in [1.54, 1.807) is 13.0 Å². The van der Waals surface area contributed by atoms with Crippen molar-refractivity contribution in [2.45, 2.75) is 38.8 Å². The Bertz CT molecular complexity index is 315. The largest absolute Gasteiger partial charge is 0.391 e. The van der Waals surface area contributed by atoms with Crippen LogP contribution in [0.2, 0.25) is 0 Å². The number of benzene rings is 1. The third-order valence-corrected chi connectivity index (χ3v) is 2.58. The van der Waals surface area contributed by atoms with Gasteiger partial charge in [0.05, 0.1) is 12.1 Å². The quantitative estimate of drug-likeness (QED) is 0.729. The highest BCUT2D eigenvalue weighted by Gasteiger charge is 2.16. The molecular formula is C13H20FNO. The summed E-state index contributed by atoms with van der Waals surface area (Å²) in [6.07, 6.45) is 1.62. The van der Waals surface area contributed by atoms with E-state index in [9.17, 15) is 9.50 Å². The van der Waals surface area contributed by atoms with Crippen LogP contribution in [0.5, 0.6) is 0 Å². The maximum Gasteiger partial charge on any atom is 0.123 e. The lowest BCUT2D eigenvalue weighted by Gasteiger charge is -2.22. The molecule has 0 bridgehead atoms. The minimum absolute atomic E-state index is 0.192. The van der Waals surface area contributed by atoms with Gasteiger partial charge in [0.1, 0.15) is 5.82 Å². The van der Waals surface area contributed by atoms with Crippen molar-refractivity contribution in [3.63, 3.8) is 0 Å². The van der Waals surface area contributed by atoms with Crippen LogP contribution < -0.4 is 5.32 Å². The normalized spacial score (nSPS) is 14.8. The number of aliphatic hydroxyl groups is 1. The van der Waals surface area contributed by atoms with Gasteiger partial charge in [0.2, 0.25) is 0 Å². The van der Waals surface area contributed by atoms with Crippen molar-refractivity contribution in [3.8, 4) is 0 Å². The smallest absolute Gasteiger partial charge is 0.123 e. The fraction of sp³-hybridized carbons (Fsp3) is 0.538. The van der Waals surface area contributed by atoms with E-state index < -0.39 is 6.10 Å². The topological polar surface area (TPSA) is 32.3 Å². The van der Waals surface area contributed by atoms with Crippen LogP contribution in [0.15, 0.2) is 24.3 Å². The van der Waals surface area contributed by atoms with Crippen LogP contribution in [0.25, 0.3) is 0 Å². The lowest BCUT2D eigenvalue weighted by Crippen LogP contribution is -2.31. The van der Waals surface area contributed by atoms with Gasteiger partial charge in [-0.25, -0.2) is 4.39 Å². The molecule has 2 N–H and O–H groups in total. The molecule has 0 aliphatic carbocycles. The van der Waals surface area contributed by atoms with Crippen LogP contribution in [0.1, 0.15) is 38.3 Å². The highest BCUT2D eigenvalue weighted by atomic mass is 19.1. The third kappa shape index (κ3) is 3.91. The second kappa shape index (κ2) is 6.61. The molecule has 1 aromatic carbocycles. The minimum atomic E-state index is -0.529. The van der Waals surface area contributed by atoms with Gasteiger partial charge in [-0.05, 0) is 37.6 Å². The van der Waals surface area contributed by atoms with E-state index in [1.807, 2.05) is 6.07 Å². The Morgan fingerprint density at radius 2 is 2.19 bits per heavy atom. The van der Waals surface area contributed by atoms with Crippen molar-refractivity contribution in [1.82, 2.24) is 5.32 Å². The molecule has 0 radical (unpaired) electrons. The van der Waals surface area contributed by atoms with E-state index in [0.29, 0.717) is 0 Å². The van der Waals surface area contributed by atoms with Crippen LogP contribution in [0, 0.1) is 5.82 Å². The number of nitrogens with one attached hydrogen (secondary N) is 1. The van der Waals surface area contributed by atoms with E-state index >= 15 is 0 Å². The zero-order valence-corrected chi connectivity index (χ0v) is 9.91. The first-order valence-electron chi connectivity index (χ1n) is 5.82. The second-order valence-corrected chi connectivity index (χ2v) is 4.08. The molecule has 0 aliphatic rings. The average molecular weight is 225 g/mol. The van der Waals surface area contributed by atoms with Gasteiger partial charge in [-0.2, -0.15) is 0 Å². The molecule has 2 unspecified atom stereocenters. The summed E-state index contributed by atoms with van der Waals surface area (Å²) >= 11 is 0. The predicted molar refractivity (Wildman–Crippen MR) is 63.7 cm³/mol. The molecule has 0 saturated heterocycles.